The van der Waals surface area contributed by atoms with E-state index in [0.717, 1.165) is 36.3 Å². The Bertz CT molecular complexity index is 914. The molecule has 1 N–H and O–H groups in total. The van der Waals surface area contributed by atoms with Crippen LogP contribution in [0.25, 0.3) is 0 Å². The highest BCUT2D eigenvalue weighted by atomic mass is 79.9. The molecular weight excluding hydrogens is 446 g/mol. The minimum atomic E-state index is -0.348. The van der Waals surface area contributed by atoms with Gasteiger partial charge in [0, 0.05) is 47.4 Å². The molecule has 7 heteroatoms. The van der Waals surface area contributed by atoms with Crippen LogP contribution in [-0.4, -0.2) is 50.0 Å². The van der Waals surface area contributed by atoms with Crippen molar-refractivity contribution in [3.8, 4) is 5.75 Å². The number of nitrogens with zero attached hydrogens (tertiary/aromatic N) is 2. The lowest BCUT2D eigenvalue weighted by Gasteiger charge is -2.38. The fraction of sp³-hybridized carbons (Fsp3) is 0.391. The van der Waals surface area contributed by atoms with Gasteiger partial charge in [0.05, 0.1) is 12.7 Å². The highest BCUT2D eigenvalue weighted by Gasteiger charge is 2.29. The van der Waals surface area contributed by atoms with E-state index in [1.165, 1.54) is 0 Å². The Hall–Kier alpha value is -2.54. The minimum absolute atomic E-state index is 0.197. The molecule has 1 saturated heterocycles. The summed E-state index contributed by atoms with van der Waals surface area (Å²) in [7, 11) is 1.55. The average molecular weight is 474 g/mol. The van der Waals surface area contributed by atoms with Crippen molar-refractivity contribution in [2.75, 3.05) is 43.5 Å². The van der Waals surface area contributed by atoms with Gasteiger partial charge in [-0.3, -0.25) is 9.59 Å². The molecule has 160 valence electrons. The van der Waals surface area contributed by atoms with Crippen molar-refractivity contribution in [2.24, 2.45) is 5.41 Å². The van der Waals surface area contributed by atoms with Crippen molar-refractivity contribution >= 4 is 39.1 Å². The number of nitrogens with one attached hydrogen (secondary N) is 1. The molecule has 6 nitrogen and oxygen atoms in total. The quantitative estimate of drug-likeness (QED) is 0.714. The van der Waals surface area contributed by atoms with Gasteiger partial charge in [0.1, 0.15) is 5.75 Å². The summed E-state index contributed by atoms with van der Waals surface area (Å²) in [5, 5.41) is 2.92. The summed E-state index contributed by atoms with van der Waals surface area (Å²) in [6, 6.07) is 13.1. The van der Waals surface area contributed by atoms with Crippen LogP contribution >= 0.6 is 15.9 Å². The van der Waals surface area contributed by atoms with Crippen LogP contribution in [0.4, 0.5) is 11.4 Å². The molecular formula is C23H28BrN3O3. The van der Waals surface area contributed by atoms with Gasteiger partial charge in [-0.05, 0) is 42.5 Å². The third-order valence-electron chi connectivity index (χ3n) is 5.10. The van der Waals surface area contributed by atoms with Gasteiger partial charge in [0.25, 0.3) is 5.91 Å². The number of hydrogen-bond donors (Lipinski definition) is 1. The number of amides is 2. The van der Waals surface area contributed by atoms with E-state index in [-0.39, 0.29) is 17.2 Å². The highest BCUT2D eigenvalue weighted by Crippen LogP contribution is 2.26. The van der Waals surface area contributed by atoms with E-state index >= 15 is 0 Å². The molecule has 1 aliphatic heterocycles. The summed E-state index contributed by atoms with van der Waals surface area (Å²) in [5.41, 5.74) is 1.91. The Balaban J connectivity index is 1.62. The van der Waals surface area contributed by atoms with Crippen LogP contribution < -0.4 is 15.0 Å². The summed E-state index contributed by atoms with van der Waals surface area (Å²) in [4.78, 5) is 29.3. The predicted octanol–water partition coefficient (Wildman–Crippen LogP) is 4.40. The first-order valence-corrected chi connectivity index (χ1v) is 10.8. The molecule has 2 amide bonds. The Morgan fingerprint density at radius 3 is 2.20 bits per heavy atom. The number of carbonyl (C=O) groups is 2. The first-order chi connectivity index (χ1) is 14.2. The number of hydrogen-bond acceptors (Lipinski definition) is 4. The van der Waals surface area contributed by atoms with E-state index in [9.17, 15) is 9.59 Å². The third kappa shape index (κ3) is 5.14. The maximum absolute atomic E-state index is 12.7. The van der Waals surface area contributed by atoms with E-state index in [2.05, 4.69) is 26.1 Å². The van der Waals surface area contributed by atoms with Gasteiger partial charge in [0.15, 0.2) is 0 Å². The molecule has 3 rings (SSSR count). The smallest absolute Gasteiger partial charge is 0.259 e. The van der Waals surface area contributed by atoms with Crippen molar-refractivity contribution in [3.05, 3.63) is 52.5 Å². The monoisotopic (exact) mass is 473 g/mol. The minimum Gasteiger partial charge on any atom is -0.496 e. The van der Waals surface area contributed by atoms with E-state index in [0.29, 0.717) is 17.0 Å². The number of halogens is 1. The number of methoxy groups -OCH3 is 1. The molecule has 0 saturated carbocycles. The molecule has 0 bridgehead atoms. The van der Waals surface area contributed by atoms with Gasteiger partial charge in [-0.15, -0.1) is 0 Å². The van der Waals surface area contributed by atoms with E-state index < -0.39 is 0 Å². The van der Waals surface area contributed by atoms with Gasteiger partial charge >= 0.3 is 0 Å². The highest BCUT2D eigenvalue weighted by molar-refractivity contribution is 9.10. The Morgan fingerprint density at radius 2 is 1.63 bits per heavy atom. The number of piperazine rings is 1. The average Bonchev–Trinajstić information content (AvgIpc) is 2.73. The van der Waals surface area contributed by atoms with Crippen LogP contribution in [0.3, 0.4) is 0 Å². The lowest BCUT2D eigenvalue weighted by Crippen LogP contribution is -2.51. The number of anilines is 2. The van der Waals surface area contributed by atoms with E-state index in [4.69, 9.17) is 4.74 Å². The van der Waals surface area contributed by atoms with Gasteiger partial charge in [-0.1, -0.05) is 36.7 Å². The Kier molecular flexibility index (Phi) is 6.71. The molecule has 0 atom stereocenters. The van der Waals surface area contributed by atoms with Crippen LogP contribution in [0, 0.1) is 5.41 Å². The summed E-state index contributed by atoms with van der Waals surface area (Å²) < 4.78 is 6.10. The van der Waals surface area contributed by atoms with Crippen molar-refractivity contribution in [1.82, 2.24) is 4.90 Å². The largest absolute Gasteiger partial charge is 0.496 e. The predicted molar refractivity (Wildman–Crippen MR) is 123 cm³/mol. The molecule has 0 aromatic heterocycles. The van der Waals surface area contributed by atoms with Crippen molar-refractivity contribution in [2.45, 2.75) is 20.8 Å². The van der Waals surface area contributed by atoms with Gasteiger partial charge < -0.3 is 19.9 Å². The van der Waals surface area contributed by atoms with E-state index in [1.54, 1.807) is 19.2 Å². The fourth-order valence-electron chi connectivity index (χ4n) is 3.45. The maximum atomic E-state index is 12.7. The standard InChI is InChI=1S/C23H28BrN3O3/c1-23(2,3)22(29)27-13-11-26(12-14-27)18-8-6-17(7-9-18)25-21(28)19-15-16(24)5-10-20(19)30-4/h5-10,15H,11-14H2,1-4H3,(H,25,28). The summed E-state index contributed by atoms with van der Waals surface area (Å²) in [6.07, 6.45) is 0. The number of ether oxygens (including phenoxy) is 1. The summed E-state index contributed by atoms with van der Waals surface area (Å²) in [6.45, 7) is 8.90. The Morgan fingerprint density at radius 1 is 1.00 bits per heavy atom. The molecule has 0 unspecified atom stereocenters. The zero-order valence-electron chi connectivity index (χ0n) is 17.9. The lowest BCUT2D eigenvalue weighted by molar-refractivity contribution is -0.139. The second kappa shape index (κ2) is 9.08. The second-order valence-corrected chi connectivity index (χ2v) is 9.29. The first kappa shape index (κ1) is 22.2. The maximum Gasteiger partial charge on any atom is 0.259 e. The van der Waals surface area contributed by atoms with Crippen LogP contribution in [0.15, 0.2) is 46.9 Å². The van der Waals surface area contributed by atoms with Crippen molar-refractivity contribution in [1.29, 1.82) is 0 Å². The molecule has 1 aliphatic rings. The molecule has 30 heavy (non-hydrogen) atoms. The van der Waals surface area contributed by atoms with Crippen LogP contribution in [0.5, 0.6) is 5.75 Å². The Labute approximate surface area is 186 Å². The zero-order chi connectivity index (χ0) is 21.9. The summed E-state index contributed by atoms with van der Waals surface area (Å²) in [5.74, 6) is 0.494. The molecule has 1 heterocycles. The number of rotatable bonds is 4. The van der Waals surface area contributed by atoms with Crippen LogP contribution in [-0.2, 0) is 4.79 Å². The third-order valence-corrected chi connectivity index (χ3v) is 5.60. The van der Waals surface area contributed by atoms with Gasteiger partial charge in [-0.2, -0.15) is 0 Å². The first-order valence-electron chi connectivity index (χ1n) is 9.98. The van der Waals surface area contributed by atoms with Gasteiger partial charge in [-0.25, -0.2) is 0 Å². The number of carbonyl (C=O) groups excluding carboxylic acids is 2. The van der Waals surface area contributed by atoms with Crippen molar-refractivity contribution in [3.63, 3.8) is 0 Å². The summed E-state index contributed by atoms with van der Waals surface area (Å²) >= 11 is 3.39. The van der Waals surface area contributed by atoms with E-state index in [1.807, 2.05) is 56.0 Å². The van der Waals surface area contributed by atoms with Crippen LogP contribution in [0.1, 0.15) is 31.1 Å². The topological polar surface area (TPSA) is 61.9 Å². The molecule has 0 spiro atoms. The SMILES string of the molecule is COc1ccc(Br)cc1C(=O)Nc1ccc(N2CCN(C(=O)C(C)(C)C)CC2)cc1. The normalized spacial score (nSPS) is 14.4. The molecule has 0 aliphatic carbocycles. The zero-order valence-corrected chi connectivity index (χ0v) is 19.5. The van der Waals surface area contributed by atoms with Crippen LogP contribution in [0.2, 0.25) is 0 Å². The van der Waals surface area contributed by atoms with Gasteiger partial charge in [0.2, 0.25) is 5.91 Å². The fourth-order valence-corrected chi connectivity index (χ4v) is 3.81. The molecule has 1 fully saturated rings. The lowest BCUT2D eigenvalue weighted by atomic mass is 9.94. The second-order valence-electron chi connectivity index (χ2n) is 8.37. The molecule has 0 radical (unpaired) electrons. The molecule has 2 aromatic rings. The molecule has 2 aromatic carbocycles. The van der Waals surface area contributed by atoms with Crippen molar-refractivity contribution < 1.29 is 14.3 Å². The number of benzene rings is 2.